The molecule has 74 valence electrons. The Morgan fingerprint density at radius 1 is 1.50 bits per heavy atom. The molecule has 2 aromatic heterocycles. The summed E-state index contributed by atoms with van der Waals surface area (Å²) < 4.78 is 3.63. The molecule has 0 fully saturated rings. The largest absolute Gasteiger partial charge is 0.337 e. The summed E-state index contributed by atoms with van der Waals surface area (Å²) in [5.41, 5.74) is 0. The van der Waals surface area contributed by atoms with E-state index in [9.17, 15) is 0 Å². The first-order valence-corrected chi connectivity index (χ1v) is 5.84. The van der Waals surface area contributed by atoms with Gasteiger partial charge in [-0.1, -0.05) is 11.6 Å². The van der Waals surface area contributed by atoms with Gasteiger partial charge in [-0.25, -0.2) is 0 Å². The molecule has 0 aliphatic heterocycles. The number of halogens is 1. The Morgan fingerprint density at radius 3 is 2.93 bits per heavy atom. The van der Waals surface area contributed by atoms with Crippen LogP contribution in [0.15, 0.2) is 24.5 Å². The van der Waals surface area contributed by atoms with Crippen LogP contribution in [0.5, 0.6) is 0 Å². The van der Waals surface area contributed by atoms with Gasteiger partial charge in [0.05, 0.1) is 4.34 Å². The van der Waals surface area contributed by atoms with Crippen molar-refractivity contribution in [3.05, 3.63) is 38.5 Å². The third-order valence-electron chi connectivity index (χ3n) is 1.95. The summed E-state index contributed by atoms with van der Waals surface area (Å²) in [4.78, 5) is 4.26. The van der Waals surface area contributed by atoms with E-state index in [4.69, 9.17) is 23.8 Å². The number of H-pyrrole nitrogens is 1. The Kier molecular flexibility index (Phi) is 3.05. The number of nitrogens with zero attached hydrogens (tertiary/aromatic N) is 1. The lowest BCUT2D eigenvalue weighted by molar-refractivity contribution is 0.692. The summed E-state index contributed by atoms with van der Waals surface area (Å²) in [6.07, 6.45) is 4.78. The summed E-state index contributed by atoms with van der Waals surface area (Å²) in [5.74, 6) is 0. The Hall–Kier alpha value is -0.580. The topological polar surface area (TPSA) is 20.7 Å². The van der Waals surface area contributed by atoms with E-state index in [0.717, 1.165) is 22.1 Å². The van der Waals surface area contributed by atoms with Crippen molar-refractivity contribution in [2.24, 2.45) is 0 Å². The second-order valence-corrected chi connectivity index (χ2v) is 5.10. The van der Waals surface area contributed by atoms with Crippen LogP contribution in [0.3, 0.4) is 0 Å². The van der Waals surface area contributed by atoms with Gasteiger partial charge in [0.2, 0.25) is 0 Å². The number of hydrogen-bond acceptors (Lipinski definition) is 2. The average Bonchev–Trinajstić information content (AvgIpc) is 2.72. The molecule has 2 rings (SSSR count). The summed E-state index contributed by atoms with van der Waals surface area (Å²) >= 11 is 12.6. The Bertz CT molecular complexity index is 469. The molecule has 0 atom stereocenters. The maximum absolute atomic E-state index is 5.84. The molecule has 0 aromatic carbocycles. The van der Waals surface area contributed by atoms with E-state index < -0.39 is 0 Å². The second-order valence-electron chi connectivity index (χ2n) is 2.91. The van der Waals surface area contributed by atoms with Crippen molar-refractivity contribution >= 4 is 35.2 Å². The number of imidazole rings is 1. The van der Waals surface area contributed by atoms with Gasteiger partial charge in [0.1, 0.15) is 0 Å². The van der Waals surface area contributed by atoms with Crippen LogP contribution in [0.25, 0.3) is 0 Å². The number of nitrogens with one attached hydrogen (secondary N) is 1. The van der Waals surface area contributed by atoms with Gasteiger partial charge in [-0.15, -0.1) is 11.3 Å². The smallest absolute Gasteiger partial charge is 0.177 e. The summed E-state index contributed by atoms with van der Waals surface area (Å²) in [5, 5.41) is 0. The van der Waals surface area contributed by atoms with Crippen molar-refractivity contribution in [1.29, 1.82) is 0 Å². The quantitative estimate of drug-likeness (QED) is 0.820. The highest BCUT2D eigenvalue weighted by Crippen LogP contribution is 2.21. The van der Waals surface area contributed by atoms with Gasteiger partial charge < -0.3 is 9.55 Å². The first kappa shape index (κ1) is 9.96. The van der Waals surface area contributed by atoms with Gasteiger partial charge in [-0.2, -0.15) is 0 Å². The normalized spacial score (nSPS) is 10.6. The minimum absolute atomic E-state index is 0.771. The standard InChI is InChI=1S/C9H9ClN2S2/c10-8-2-1-7(14-8)3-5-12-6-4-11-9(12)13/h1-2,4,6H,3,5H2,(H,11,13). The minimum Gasteiger partial charge on any atom is -0.337 e. The highest BCUT2D eigenvalue weighted by molar-refractivity contribution is 7.71. The zero-order chi connectivity index (χ0) is 9.97. The second kappa shape index (κ2) is 4.29. The zero-order valence-corrected chi connectivity index (χ0v) is 9.75. The third-order valence-corrected chi connectivity index (χ3v) is 3.59. The molecule has 2 nitrogen and oxygen atoms in total. The van der Waals surface area contributed by atoms with Gasteiger partial charge in [0, 0.05) is 23.8 Å². The van der Waals surface area contributed by atoms with Crippen molar-refractivity contribution in [2.75, 3.05) is 0 Å². The zero-order valence-electron chi connectivity index (χ0n) is 7.37. The Balaban J connectivity index is 2.01. The van der Waals surface area contributed by atoms with Crippen molar-refractivity contribution < 1.29 is 0 Å². The lowest BCUT2D eigenvalue weighted by Crippen LogP contribution is -1.98. The Morgan fingerprint density at radius 2 is 2.36 bits per heavy atom. The van der Waals surface area contributed by atoms with Crippen LogP contribution in [-0.4, -0.2) is 9.55 Å². The van der Waals surface area contributed by atoms with Crippen molar-refractivity contribution in [1.82, 2.24) is 9.55 Å². The number of aromatic nitrogens is 2. The lowest BCUT2D eigenvalue weighted by Gasteiger charge is -1.99. The fourth-order valence-electron chi connectivity index (χ4n) is 1.24. The molecule has 0 aliphatic rings. The number of aromatic amines is 1. The number of thiophene rings is 1. The van der Waals surface area contributed by atoms with E-state index in [0.29, 0.717) is 0 Å². The van der Waals surface area contributed by atoms with Crippen molar-refractivity contribution in [2.45, 2.75) is 13.0 Å². The number of hydrogen-bond donors (Lipinski definition) is 1. The van der Waals surface area contributed by atoms with E-state index in [1.165, 1.54) is 4.88 Å². The summed E-state index contributed by atoms with van der Waals surface area (Å²) in [6.45, 7) is 0.902. The van der Waals surface area contributed by atoms with Crippen molar-refractivity contribution in [3.63, 3.8) is 0 Å². The maximum atomic E-state index is 5.84. The highest BCUT2D eigenvalue weighted by atomic mass is 35.5. The lowest BCUT2D eigenvalue weighted by atomic mass is 10.3. The molecule has 14 heavy (non-hydrogen) atoms. The van der Waals surface area contributed by atoms with Crippen LogP contribution in [0, 0.1) is 4.77 Å². The van der Waals surface area contributed by atoms with Crippen LogP contribution in [0.1, 0.15) is 4.88 Å². The van der Waals surface area contributed by atoms with Crippen LogP contribution in [0.4, 0.5) is 0 Å². The predicted octanol–water partition coefficient (Wildman–Crippen LogP) is 3.50. The summed E-state index contributed by atoms with van der Waals surface area (Å²) in [6, 6.07) is 3.99. The first-order valence-electron chi connectivity index (χ1n) is 4.24. The molecule has 0 bridgehead atoms. The molecule has 0 saturated heterocycles. The molecular weight excluding hydrogens is 236 g/mol. The molecule has 5 heteroatoms. The van der Waals surface area contributed by atoms with Crippen LogP contribution in [0.2, 0.25) is 4.34 Å². The molecule has 0 saturated carbocycles. The van der Waals surface area contributed by atoms with E-state index in [1.807, 2.05) is 23.0 Å². The highest BCUT2D eigenvalue weighted by Gasteiger charge is 1.98. The Labute approximate surface area is 96.2 Å². The molecular formula is C9H9ClN2S2. The first-order chi connectivity index (χ1) is 6.75. The molecule has 0 aliphatic carbocycles. The van der Waals surface area contributed by atoms with Gasteiger partial charge >= 0.3 is 0 Å². The molecule has 0 spiro atoms. The van der Waals surface area contributed by atoms with E-state index in [1.54, 1.807) is 11.3 Å². The van der Waals surface area contributed by atoms with Crippen LogP contribution in [-0.2, 0) is 13.0 Å². The molecule has 1 N–H and O–H groups in total. The monoisotopic (exact) mass is 244 g/mol. The molecule has 2 aromatic rings. The number of rotatable bonds is 3. The third kappa shape index (κ3) is 2.26. The van der Waals surface area contributed by atoms with Gasteiger partial charge in [-0.3, -0.25) is 0 Å². The van der Waals surface area contributed by atoms with E-state index >= 15 is 0 Å². The molecule has 2 heterocycles. The van der Waals surface area contributed by atoms with Crippen LogP contribution >= 0.6 is 35.2 Å². The maximum Gasteiger partial charge on any atom is 0.177 e. The summed E-state index contributed by atoms with van der Waals surface area (Å²) in [7, 11) is 0. The van der Waals surface area contributed by atoms with Crippen molar-refractivity contribution in [3.8, 4) is 0 Å². The van der Waals surface area contributed by atoms with Crippen LogP contribution < -0.4 is 0 Å². The molecule has 0 radical (unpaired) electrons. The minimum atomic E-state index is 0.771. The van der Waals surface area contributed by atoms with E-state index in [2.05, 4.69) is 11.1 Å². The molecule has 0 amide bonds. The average molecular weight is 245 g/mol. The van der Waals surface area contributed by atoms with Gasteiger partial charge in [-0.05, 0) is 30.8 Å². The van der Waals surface area contributed by atoms with Gasteiger partial charge in [0.15, 0.2) is 4.77 Å². The fourth-order valence-corrected chi connectivity index (χ4v) is 2.54. The van der Waals surface area contributed by atoms with Gasteiger partial charge in [0.25, 0.3) is 0 Å². The molecule has 0 unspecified atom stereocenters. The fraction of sp³-hybridized carbons (Fsp3) is 0.222. The number of aryl methyl sites for hydroxylation is 2. The van der Waals surface area contributed by atoms with E-state index in [-0.39, 0.29) is 0 Å². The SMILES string of the molecule is S=c1[nH]ccn1CCc1ccc(Cl)s1. The predicted molar refractivity (Wildman–Crippen MR) is 62.6 cm³/mol.